The smallest absolute Gasteiger partial charge is 0.0448 e. The van der Waals surface area contributed by atoms with Gasteiger partial charge in [0.05, 0.1) is 0 Å². The molecule has 1 unspecified atom stereocenters. The van der Waals surface area contributed by atoms with E-state index in [4.69, 9.17) is 0 Å². The molecule has 6 aromatic rings. The van der Waals surface area contributed by atoms with E-state index in [2.05, 4.69) is 130 Å². The van der Waals surface area contributed by atoms with Crippen molar-refractivity contribution in [2.24, 2.45) is 0 Å². The molecule has 0 bridgehead atoms. The zero-order valence-corrected chi connectivity index (χ0v) is 18.7. The molecule has 1 N–H and O–H groups in total. The Balaban J connectivity index is 1.82. The maximum absolute atomic E-state index is 3.27. The van der Waals surface area contributed by atoms with Crippen LogP contribution in [0.3, 0.4) is 0 Å². The van der Waals surface area contributed by atoms with Gasteiger partial charge in [0.15, 0.2) is 0 Å². The summed E-state index contributed by atoms with van der Waals surface area (Å²) in [5.74, 6) is 0. The van der Waals surface area contributed by atoms with Gasteiger partial charge in [-0.15, -0.1) is 0 Å². The van der Waals surface area contributed by atoms with Crippen LogP contribution in [0.5, 0.6) is 0 Å². The monoisotopic (exact) mass is 427 g/mol. The Morgan fingerprint density at radius 3 is 1.44 bits per heavy atom. The summed E-state index contributed by atoms with van der Waals surface area (Å²) in [6.07, 6.45) is 0. The molecule has 0 amide bonds. The molecule has 0 saturated carbocycles. The van der Waals surface area contributed by atoms with Crippen LogP contribution in [0.25, 0.3) is 54.6 Å². The molecule has 0 radical (unpaired) electrons. The molecule has 0 aliphatic carbocycles. The summed E-state index contributed by atoms with van der Waals surface area (Å²) in [5, 5.41) is 10.9. The largest absolute Gasteiger partial charge is 0.369 e. The third-order valence-electron chi connectivity index (χ3n) is 6.34. The Morgan fingerprint density at radius 1 is 0.406 bits per heavy atom. The van der Waals surface area contributed by atoms with E-state index in [1.54, 1.807) is 0 Å². The molecular weight excluding hydrogens is 405 g/mol. The van der Waals surface area contributed by atoms with E-state index in [0.29, 0.717) is 0 Å². The molecule has 0 fully saturated rings. The van der Waals surface area contributed by atoms with E-state index in [0.717, 1.165) is 5.69 Å². The van der Waals surface area contributed by atoms with E-state index in [9.17, 15) is 0 Å². The fourth-order valence-electron chi connectivity index (χ4n) is 4.98. The first kappa shape index (κ1) is 19.0. The van der Waals surface area contributed by atoms with E-state index in [1.165, 1.54) is 54.6 Å². The van der Waals surface area contributed by atoms with Gasteiger partial charge in [-0.25, -0.2) is 0 Å². The standard InChI is InChI=1S/C30H22NP/c32-31-28-19-18-27(21-12-4-5-13-22(21)28)30-25-16-8-6-14-23(25)29(20-10-2-1-3-11-20)24-15-7-9-17-26(24)30/h1-19,31H,32H2. The lowest BCUT2D eigenvalue weighted by atomic mass is 9.84. The summed E-state index contributed by atoms with van der Waals surface area (Å²) in [6.45, 7) is 0. The highest BCUT2D eigenvalue weighted by Crippen LogP contribution is 2.45. The lowest BCUT2D eigenvalue weighted by molar-refractivity contribution is 1.66. The predicted molar refractivity (Wildman–Crippen MR) is 143 cm³/mol. The molecule has 0 aliphatic heterocycles. The second-order valence-electron chi connectivity index (χ2n) is 8.06. The van der Waals surface area contributed by atoms with Crippen LogP contribution >= 0.6 is 9.39 Å². The quantitative estimate of drug-likeness (QED) is 0.220. The van der Waals surface area contributed by atoms with Gasteiger partial charge in [-0.05, 0) is 64.6 Å². The summed E-state index contributed by atoms with van der Waals surface area (Å²) in [5.41, 5.74) is 6.22. The lowest BCUT2D eigenvalue weighted by Crippen LogP contribution is -1.92. The van der Waals surface area contributed by atoms with Crippen molar-refractivity contribution in [3.05, 3.63) is 115 Å². The van der Waals surface area contributed by atoms with Crippen molar-refractivity contribution in [2.45, 2.75) is 0 Å². The average molecular weight is 427 g/mol. The van der Waals surface area contributed by atoms with Gasteiger partial charge in [0.1, 0.15) is 0 Å². The van der Waals surface area contributed by atoms with E-state index in [-0.39, 0.29) is 0 Å². The number of benzene rings is 6. The zero-order valence-electron chi connectivity index (χ0n) is 17.5. The van der Waals surface area contributed by atoms with Crippen LogP contribution in [-0.4, -0.2) is 0 Å². The topological polar surface area (TPSA) is 12.0 Å². The van der Waals surface area contributed by atoms with Crippen LogP contribution in [-0.2, 0) is 0 Å². The first-order chi connectivity index (χ1) is 15.9. The summed E-state index contributed by atoms with van der Waals surface area (Å²) in [6, 6.07) is 41.5. The maximum atomic E-state index is 3.27. The number of nitrogens with one attached hydrogen (secondary N) is 1. The third-order valence-corrected chi connectivity index (χ3v) is 6.65. The van der Waals surface area contributed by atoms with Crippen molar-refractivity contribution in [1.82, 2.24) is 0 Å². The molecule has 32 heavy (non-hydrogen) atoms. The SMILES string of the molecule is PNc1ccc(-c2c3ccccc3c(-c3ccccc3)c3ccccc23)c2ccccc12. The number of hydrogen-bond donors (Lipinski definition) is 1. The minimum atomic E-state index is 1.11. The van der Waals surface area contributed by atoms with Crippen molar-refractivity contribution in [3.8, 4) is 22.3 Å². The van der Waals surface area contributed by atoms with Gasteiger partial charge >= 0.3 is 0 Å². The van der Waals surface area contributed by atoms with Crippen LogP contribution in [0.4, 0.5) is 5.69 Å². The molecule has 0 aliphatic rings. The molecule has 0 spiro atoms. The molecule has 0 aromatic heterocycles. The van der Waals surface area contributed by atoms with Gasteiger partial charge in [-0.1, -0.05) is 109 Å². The average Bonchev–Trinajstić information content (AvgIpc) is 2.87. The first-order valence-corrected chi connectivity index (χ1v) is 11.4. The summed E-state index contributed by atoms with van der Waals surface area (Å²) < 4.78 is 0. The van der Waals surface area contributed by atoms with E-state index in [1.807, 2.05) is 0 Å². The van der Waals surface area contributed by atoms with E-state index < -0.39 is 0 Å². The fraction of sp³-hybridized carbons (Fsp3) is 0. The normalized spacial score (nSPS) is 11.3. The second-order valence-corrected chi connectivity index (χ2v) is 8.35. The van der Waals surface area contributed by atoms with Gasteiger partial charge in [0, 0.05) is 11.1 Å². The van der Waals surface area contributed by atoms with Crippen LogP contribution in [0.1, 0.15) is 0 Å². The van der Waals surface area contributed by atoms with Crippen LogP contribution in [0.15, 0.2) is 115 Å². The predicted octanol–water partition coefficient (Wildman–Crippen LogP) is 8.68. The summed E-state index contributed by atoms with van der Waals surface area (Å²) in [7, 11) is 2.63. The van der Waals surface area contributed by atoms with Crippen LogP contribution in [0.2, 0.25) is 0 Å². The fourth-order valence-corrected chi connectivity index (χ4v) is 5.23. The summed E-state index contributed by atoms with van der Waals surface area (Å²) in [4.78, 5) is 0. The molecule has 1 nitrogen and oxygen atoms in total. The minimum Gasteiger partial charge on any atom is -0.369 e. The Morgan fingerprint density at radius 2 is 0.875 bits per heavy atom. The zero-order chi connectivity index (χ0) is 21.5. The minimum absolute atomic E-state index is 1.11. The van der Waals surface area contributed by atoms with Gasteiger partial charge < -0.3 is 5.09 Å². The molecule has 6 rings (SSSR count). The van der Waals surface area contributed by atoms with Gasteiger partial charge in [0.25, 0.3) is 0 Å². The van der Waals surface area contributed by atoms with Crippen LogP contribution < -0.4 is 5.09 Å². The Kier molecular flexibility index (Phi) is 4.63. The Labute approximate surface area is 190 Å². The molecule has 6 aromatic carbocycles. The highest BCUT2D eigenvalue weighted by Gasteiger charge is 2.18. The lowest BCUT2D eigenvalue weighted by Gasteiger charge is -2.19. The maximum Gasteiger partial charge on any atom is 0.0448 e. The van der Waals surface area contributed by atoms with E-state index >= 15 is 0 Å². The highest BCUT2D eigenvalue weighted by atomic mass is 31.0. The molecule has 0 heterocycles. The van der Waals surface area contributed by atoms with Crippen molar-refractivity contribution in [1.29, 1.82) is 0 Å². The highest BCUT2D eigenvalue weighted by molar-refractivity contribution is 7.18. The first-order valence-electron chi connectivity index (χ1n) is 10.8. The van der Waals surface area contributed by atoms with Crippen molar-refractivity contribution in [3.63, 3.8) is 0 Å². The Hall–Kier alpha value is -3.67. The number of fused-ring (bicyclic) bond motifs is 3. The van der Waals surface area contributed by atoms with Crippen molar-refractivity contribution < 1.29 is 0 Å². The molecule has 152 valence electrons. The molecule has 0 saturated heterocycles. The number of rotatable bonds is 3. The third kappa shape index (κ3) is 2.90. The molecule has 2 heteroatoms. The van der Waals surface area contributed by atoms with Crippen molar-refractivity contribution in [2.75, 3.05) is 5.09 Å². The van der Waals surface area contributed by atoms with Crippen LogP contribution in [0, 0.1) is 0 Å². The van der Waals surface area contributed by atoms with Gasteiger partial charge in [0.2, 0.25) is 0 Å². The number of hydrogen-bond acceptors (Lipinski definition) is 1. The molecule has 1 atom stereocenters. The Bertz CT molecular complexity index is 1550. The van der Waals surface area contributed by atoms with Gasteiger partial charge in [-0.2, -0.15) is 0 Å². The van der Waals surface area contributed by atoms with Gasteiger partial charge in [-0.3, -0.25) is 0 Å². The molecular formula is C30H22NP. The van der Waals surface area contributed by atoms with Crippen molar-refractivity contribution >= 4 is 47.4 Å². The summed E-state index contributed by atoms with van der Waals surface area (Å²) >= 11 is 0. The number of anilines is 1. The second kappa shape index (κ2) is 7.79.